The molecule has 5 nitrogen and oxygen atoms in total. The molecule has 0 aromatic heterocycles. The fourth-order valence-electron chi connectivity index (χ4n) is 5.01. The fraction of sp³-hybridized carbons (Fsp3) is 0.650. The molecule has 3 fully saturated rings. The van der Waals surface area contributed by atoms with Crippen LogP contribution >= 0.6 is 0 Å². The molecule has 134 valence electrons. The molecule has 1 amide bonds. The van der Waals surface area contributed by atoms with E-state index >= 15 is 0 Å². The third-order valence-corrected chi connectivity index (χ3v) is 6.27. The highest BCUT2D eigenvalue weighted by Crippen LogP contribution is 2.36. The number of rotatable bonds is 3. The van der Waals surface area contributed by atoms with Crippen molar-refractivity contribution in [3.05, 3.63) is 29.3 Å². The highest BCUT2D eigenvalue weighted by molar-refractivity contribution is 5.80. The number of hydrogen-bond donors (Lipinski definition) is 0. The fourth-order valence-corrected chi connectivity index (χ4v) is 5.01. The van der Waals surface area contributed by atoms with Crippen molar-refractivity contribution < 1.29 is 14.3 Å². The molecule has 3 atom stereocenters. The topological polar surface area (TPSA) is 42.0 Å². The molecule has 4 heterocycles. The summed E-state index contributed by atoms with van der Waals surface area (Å²) < 4.78 is 11.6. The van der Waals surface area contributed by atoms with E-state index in [2.05, 4.69) is 28.0 Å². The zero-order valence-corrected chi connectivity index (χ0v) is 14.7. The minimum absolute atomic E-state index is 0.0170. The Bertz CT molecular complexity index is 671. The van der Waals surface area contributed by atoms with E-state index in [0.29, 0.717) is 11.9 Å². The first-order valence-electron chi connectivity index (χ1n) is 9.68. The van der Waals surface area contributed by atoms with E-state index in [-0.39, 0.29) is 12.0 Å². The maximum Gasteiger partial charge on any atom is 0.229 e. The molecule has 5 rings (SSSR count). The molecule has 4 aliphatic heterocycles. The van der Waals surface area contributed by atoms with E-state index < -0.39 is 0 Å². The maximum absolute atomic E-state index is 12.9. The van der Waals surface area contributed by atoms with Crippen molar-refractivity contribution in [2.24, 2.45) is 5.92 Å². The van der Waals surface area contributed by atoms with Gasteiger partial charge in [0.25, 0.3) is 0 Å². The van der Waals surface area contributed by atoms with E-state index in [1.54, 1.807) is 0 Å². The van der Waals surface area contributed by atoms with Crippen molar-refractivity contribution in [3.63, 3.8) is 0 Å². The third kappa shape index (κ3) is 2.74. The van der Waals surface area contributed by atoms with Crippen LogP contribution in [-0.4, -0.2) is 60.7 Å². The van der Waals surface area contributed by atoms with E-state index in [1.165, 1.54) is 11.1 Å². The van der Waals surface area contributed by atoms with Gasteiger partial charge in [-0.25, -0.2) is 0 Å². The van der Waals surface area contributed by atoms with Crippen LogP contribution < -0.4 is 4.74 Å². The van der Waals surface area contributed by atoms with Gasteiger partial charge in [0.15, 0.2) is 0 Å². The first-order valence-corrected chi connectivity index (χ1v) is 9.68. The Kier molecular flexibility index (Phi) is 3.94. The molecule has 0 saturated carbocycles. The number of carbonyl (C=O) groups excluding carboxylic acids is 1. The van der Waals surface area contributed by atoms with Gasteiger partial charge < -0.3 is 14.4 Å². The van der Waals surface area contributed by atoms with Gasteiger partial charge >= 0.3 is 0 Å². The smallest absolute Gasteiger partial charge is 0.229 e. The number of carbonyl (C=O) groups is 1. The molecule has 25 heavy (non-hydrogen) atoms. The number of amides is 1. The molecule has 3 saturated heterocycles. The summed E-state index contributed by atoms with van der Waals surface area (Å²) in [5.74, 6) is 1.37. The van der Waals surface area contributed by atoms with Crippen molar-refractivity contribution in [1.82, 2.24) is 9.80 Å². The predicted molar refractivity (Wildman–Crippen MR) is 93.5 cm³/mol. The van der Waals surface area contributed by atoms with Crippen molar-refractivity contribution in [2.45, 2.75) is 44.4 Å². The van der Waals surface area contributed by atoms with Gasteiger partial charge in [-0.05, 0) is 36.5 Å². The third-order valence-electron chi connectivity index (χ3n) is 6.27. The van der Waals surface area contributed by atoms with Crippen molar-refractivity contribution >= 4 is 5.91 Å². The van der Waals surface area contributed by atoms with Gasteiger partial charge in [-0.2, -0.15) is 0 Å². The maximum atomic E-state index is 12.9. The molecule has 1 aromatic carbocycles. The Morgan fingerprint density at radius 1 is 1.20 bits per heavy atom. The second-order valence-corrected chi connectivity index (χ2v) is 7.80. The summed E-state index contributed by atoms with van der Waals surface area (Å²) in [4.78, 5) is 17.5. The second-order valence-electron chi connectivity index (χ2n) is 7.80. The predicted octanol–water partition coefficient (Wildman–Crippen LogP) is 1.83. The SMILES string of the molecule is O=C([C@@H]1CN(Cc2ccc3c(c2)CCO3)[C@H]2CCO[C@@H]12)N1CCCC1. The summed E-state index contributed by atoms with van der Waals surface area (Å²) in [6.07, 6.45) is 4.44. The van der Waals surface area contributed by atoms with Crippen LogP contribution in [0.25, 0.3) is 0 Å². The zero-order valence-electron chi connectivity index (χ0n) is 14.7. The molecule has 1 aromatic rings. The molecular weight excluding hydrogens is 316 g/mol. The van der Waals surface area contributed by atoms with Crippen LogP contribution in [-0.2, 0) is 22.5 Å². The number of hydrogen-bond acceptors (Lipinski definition) is 4. The molecule has 0 spiro atoms. The van der Waals surface area contributed by atoms with E-state index in [9.17, 15) is 4.79 Å². The lowest BCUT2D eigenvalue weighted by atomic mass is 10.0. The van der Waals surface area contributed by atoms with Crippen molar-refractivity contribution in [1.29, 1.82) is 0 Å². The van der Waals surface area contributed by atoms with Crippen LogP contribution in [0, 0.1) is 5.92 Å². The Balaban J connectivity index is 1.32. The standard InChI is InChI=1S/C20H26N2O3/c23-20(21-7-1-2-8-21)16-13-22(17-6-10-25-19(16)17)12-14-3-4-18-15(11-14)5-9-24-18/h3-4,11,16-17,19H,1-2,5-10,12-13H2/t16-,17+,19+/m1/s1. The van der Waals surface area contributed by atoms with Gasteiger partial charge in [0.2, 0.25) is 5.91 Å². The largest absolute Gasteiger partial charge is 0.493 e. The van der Waals surface area contributed by atoms with Crippen LogP contribution in [0.15, 0.2) is 18.2 Å². The van der Waals surface area contributed by atoms with Gasteiger partial charge in [-0.3, -0.25) is 9.69 Å². The average molecular weight is 342 g/mol. The van der Waals surface area contributed by atoms with Gasteiger partial charge in [-0.1, -0.05) is 12.1 Å². The quantitative estimate of drug-likeness (QED) is 0.841. The number of likely N-dealkylation sites (tertiary alicyclic amines) is 2. The second kappa shape index (κ2) is 6.29. The minimum Gasteiger partial charge on any atom is -0.493 e. The highest BCUT2D eigenvalue weighted by Gasteiger charge is 2.49. The number of ether oxygens (including phenoxy) is 2. The lowest BCUT2D eigenvalue weighted by molar-refractivity contribution is -0.137. The summed E-state index contributed by atoms with van der Waals surface area (Å²) >= 11 is 0. The van der Waals surface area contributed by atoms with Gasteiger partial charge in [0.1, 0.15) is 5.75 Å². The lowest BCUT2D eigenvalue weighted by Gasteiger charge is -2.23. The molecule has 0 aliphatic carbocycles. The van der Waals surface area contributed by atoms with Gasteiger partial charge in [-0.15, -0.1) is 0 Å². The van der Waals surface area contributed by atoms with Crippen LogP contribution in [0.1, 0.15) is 30.4 Å². The number of fused-ring (bicyclic) bond motifs is 2. The Labute approximate surface area is 148 Å². The summed E-state index contributed by atoms with van der Waals surface area (Å²) in [6.45, 7) is 5.18. The molecule has 0 bridgehead atoms. The van der Waals surface area contributed by atoms with Crippen LogP contribution in [0.4, 0.5) is 0 Å². The van der Waals surface area contributed by atoms with Crippen molar-refractivity contribution in [2.75, 3.05) is 32.8 Å². The van der Waals surface area contributed by atoms with Crippen LogP contribution in [0.5, 0.6) is 5.75 Å². The summed E-state index contributed by atoms with van der Waals surface area (Å²) in [6, 6.07) is 6.94. The van der Waals surface area contributed by atoms with Crippen LogP contribution in [0.3, 0.4) is 0 Å². The van der Waals surface area contributed by atoms with Crippen molar-refractivity contribution in [3.8, 4) is 5.75 Å². The number of benzene rings is 1. The highest BCUT2D eigenvalue weighted by atomic mass is 16.5. The molecule has 0 N–H and O–H groups in total. The van der Waals surface area contributed by atoms with Crippen LogP contribution in [0.2, 0.25) is 0 Å². The molecule has 0 radical (unpaired) electrons. The summed E-state index contributed by atoms with van der Waals surface area (Å²) in [5, 5.41) is 0. The van der Waals surface area contributed by atoms with E-state index in [0.717, 1.165) is 70.8 Å². The Morgan fingerprint density at radius 2 is 2.08 bits per heavy atom. The first-order chi connectivity index (χ1) is 12.3. The monoisotopic (exact) mass is 342 g/mol. The van der Waals surface area contributed by atoms with E-state index in [4.69, 9.17) is 9.47 Å². The minimum atomic E-state index is 0.0170. The normalized spacial score (nSPS) is 31.2. The summed E-state index contributed by atoms with van der Waals surface area (Å²) in [5.41, 5.74) is 2.64. The Hall–Kier alpha value is -1.59. The lowest BCUT2D eigenvalue weighted by Crippen LogP contribution is -2.39. The molecular formula is C20H26N2O3. The molecule has 0 unspecified atom stereocenters. The van der Waals surface area contributed by atoms with E-state index in [1.807, 2.05) is 0 Å². The Morgan fingerprint density at radius 3 is 2.96 bits per heavy atom. The van der Waals surface area contributed by atoms with Gasteiger partial charge in [0, 0.05) is 45.2 Å². The number of nitrogens with zero attached hydrogens (tertiary/aromatic N) is 2. The summed E-state index contributed by atoms with van der Waals surface area (Å²) in [7, 11) is 0. The van der Waals surface area contributed by atoms with Gasteiger partial charge in [0.05, 0.1) is 18.6 Å². The first kappa shape index (κ1) is 15.6. The zero-order chi connectivity index (χ0) is 16.8. The molecule has 5 heteroatoms. The molecule has 4 aliphatic rings. The average Bonchev–Trinajstić information content (AvgIpc) is 3.39.